The molecule has 11 rings (SSSR count). The fourth-order valence-corrected chi connectivity index (χ4v) is 9.48. The summed E-state index contributed by atoms with van der Waals surface area (Å²) in [6, 6.07) is 58.6. The lowest BCUT2D eigenvalue weighted by Gasteiger charge is -2.22. The van der Waals surface area contributed by atoms with E-state index < -0.39 is 0 Å². The maximum atomic E-state index is 14.4. The number of carbonyl (C=O) groups is 2. The van der Waals surface area contributed by atoms with Crippen LogP contribution < -0.4 is 19.4 Å². The first-order valence-electron chi connectivity index (χ1n) is 22.7. The van der Waals surface area contributed by atoms with Gasteiger partial charge < -0.3 is 14.4 Å². The van der Waals surface area contributed by atoms with Crippen LogP contribution in [0.4, 0.5) is 34.1 Å². The van der Waals surface area contributed by atoms with Gasteiger partial charge in [0, 0.05) is 52.3 Å². The van der Waals surface area contributed by atoms with E-state index in [0.717, 1.165) is 71.2 Å². The van der Waals surface area contributed by atoms with Crippen LogP contribution >= 0.6 is 0 Å². The van der Waals surface area contributed by atoms with Gasteiger partial charge in [-0.1, -0.05) is 133 Å². The van der Waals surface area contributed by atoms with E-state index in [1.807, 2.05) is 159 Å². The molecule has 0 aliphatic heterocycles. The Kier molecular flexibility index (Phi) is 11.3. The number of methoxy groups -OCH3 is 2. The molecule has 1 aliphatic carbocycles. The molecule has 0 fully saturated rings. The van der Waals surface area contributed by atoms with Gasteiger partial charge in [-0.3, -0.25) is 19.5 Å². The van der Waals surface area contributed by atoms with E-state index >= 15 is 0 Å². The number of amides is 1. The van der Waals surface area contributed by atoms with Crippen molar-refractivity contribution in [3.8, 4) is 22.6 Å². The fraction of sp³-hybridized carbons (Fsp3) is 0.0847. The monoisotopic (exact) mass is 916 g/mol. The molecule has 11 heteroatoms. The van der Waals surface area contributed by atoms with Gasteiger partial charge in [0.1, 0.15) is 18.0 Å². The first-order valence-corrected chi connectivity index (χ1v) is 22.7. The van der Waals surface area contributed by atoms with Gasteiger partial charge in [0.05, 0.1) is 42.5 Å². The molecule has 1 aliphatic rings. The van der Waals surface area contributed by atoms with Crippen LogP contribution in [0.1, 0.15) is 31.8 Å². The molecule has 1 amide bonds. The molecular weight excluding hydrogens is 873 g/mol. The maximum absolute atomic E-state index is 14.4. The Morgan fingerprint density at radius 1 is 0.471 bits per heavy atom. The van der Waals surface area contributed by atoms with E-state index in [1.54, 1.807) is 36.3 Å². The molecular formula is C59H44N6O5. The van der Waals surface area contributed by atoms with Crippen molar-refractivity contribution in [2.45, 2.75) is 6.61 Å². The number of hydrogen-bond donors (Lipinski definition) is 0. The van der Waals surface area contributed by atoms with Gasteiger partial charge in [-0.2, -0.15) is 10.2 Å². The number of anilines is 2. The highest BCUT2D eigenvalue weighted by Gasteiger charge is 2.28. The van der Waals surface area contributed by atoms with Crippen molar-refractivity contribution >= 4 is 88.9 Å². The summed E-state index contributed by atoms with van der Waals surface area (Å²) in [6.45, 7) is 0.212. The third-order valence-electron chi connectivity index (χ3n) is 12.9. The first-order chi connectivity index (χ1) is 34.3. The molecule has 10 aromatic rings. The maximum Gasteiger partial charge on any atom is 0.261 e. The van der Waals surface area contributed by atoms with E-state index in [9.17, 15) is 9.59 Å². The Bertz CT molecular complexity index is 3800. The Balaban J connectivity index is 0.870. The Morgan fingerprint density at radius 3 is 1.51 bits per heavy atom. The van der Waals surface area contributed by atoms with Gasteiger partial charge in [0.25, 0.3) is 5.91 Å². The smallest absolute Gasteiger partial charge is 0.261 e. The van der Waals surface area contributed by atoms with Crippen LogP contribution in [0.3, 0.4) is 0 Å². The van der Waals surface area contributed by atoms with Crippen LogP contribution in [0.5, 0.6) is 11.5 Å². The third-order valence-corrected chi connectivity index (χ3v) is 12.9. The minimum atomic E-state index is -0.262. The molecule has 0 aromatic heterocycles. The van der Waals surface area contributed by atoms with Gasteiger partial charge in [-0.15, -0.1) is 10.2 Å². The SMILES string of the molecule is COc1c(CON(C)c2cccc3ccccc23)cc2ccccc2c1N=Nc1ccc2c(c1)C(=O)c1cc(N=Nc3c(OC)c(C(=O)N(C)c4cccc5ccccc45)cc4ccccc34)ccc1-2. The molecule has 10 aromatic carbocycles. The van der Waals surface area contributed by atoms with E-state index in [1.165, 1.54) is 7.11 Å². The second-order valence-corrected chi connectivity index (χ2v) is 17.0. The molecule has 340 valence electrons. The van der Waals surface area contributed by atoms with E-state index in [4.69, 9.17) is 24.5 Å². The topological polar surface area (TPSA) is 118 Å². The summed E-state index contributed by atoms with van der Waals surface area (Å²) in [4.78, 5) is 36.5. The van der Waals surface area contributed by atoms with Crippen molar-refractivity contribution in [1.29, 1.82) is 0 Å². The zero-order valence-electron chi connectivity index (χ0n) is 38.8. The zero-order chi connectivity index (χ0) is 47.9. The number of ketones is 1. The molecule has 0 radical (unpaired) electrons. The molecule has 70 heavy (non-hydrogen) atoms. The molecule has 0 saturated heterocycles. The minimum Gasteiger partial charge on any atom is -0.494 e. The molecule has 11 nitrogen and oxygen atoms in total. The largest absolute Gasteiger partial charge is 0.494 e. The number of hydrogen-bond acceptors (Lipinski definition) is 10. The molecule has 0 spiro atoms. The second kappa shape index (κ2) is 18.2. The Morgan fingerprint density at radius 2 is 0.943 bits per heavy atom. The van der Waals surface area contributed by atoms with Crippen LogP contribution in [0.2, 0.25) is 0 Å². The number of fused-ring (bicyclic) bond motifs is 7. The number of benzene rings is 10. The second-order valence-electron chi connectivity index (χ2n) is 17.0. The Labute approximate surface area is 403 Å². The lowest BCUT2D eigenvalue weighted by Crippen LogP contribution is -2.27. The van der Waals surface area contributed by atoms with Crippen LogP contribution in [-0.2, 0) is 11.4 Å². The summed E-state index contributed by atoms with van der Waals surface area (Å²) in [5, 5.41) is 28.2. The standard InChI is InChI=1S/C59H44N6O5/c1-64(52-25-13-19-36-15-5-9-21-43(36)52)59(67)51-32-39-18-8-12-24-46(39)55(58(51)69-4)63-61-42-28-30-48-47-29-27-41(33-49(47)56(66)50(48)34-42)60-62-54-45-23-11-7-17-38(45)31-40(57(54)68-3)35-70-65(2)53-26-14-20-37-16-6-10-22-44(37)53/h5-34H,35H2,1-4H3. The number of hydroxylamine groups is 1. The lowest BCUT2D eigenvalue weighted by atomic mass is 10.0. The first kappa shape index (κ1) is 43.5. The number of rotatable bonds is 12. The quantitative estimate of drug-likeness (QED) is 0.0890. The van der Waals surface area contributed by atoms with E-state index in [0.29, 0.717) is 50.9 Å². The molecule has 0 N–H and O–H groups in total. The van der Waals surface area contributed by atoms with Crippen LogP contribution in [0, 0.1) is 0 Å². The van der Waals surface area contributed by atoms with Crippen molar-refractivity contribution in [2.24, 2.45) is 20.5 Å². The van der Waals surface area contributed by atoms with Gasteiger partial charge in [0.2, 0.25) is 0 Å². The van der Waals surface area contributed by atoms with E-state index in [-0.39, 0.29) is 18.3 Å². The predicted molar refractivity (Wildman–Crippen MR) is 278 cm³/mol. The molecule has 0 saturated carbocycles. The number of azo groups is 2. The average molecular weight is 917 g/mol. The highest BCUT2D eigenvalue weighted by molar-refractivity contribution is 6.22. The Hall–Kier alpha value is -9.06. The highest BCUT2D eigenvalue weighted by atomic mass is 16.7. The average Bonchev–Trinajstić information content (AvgIpc) is 3.68. The third kappa shape index (κ3) is 7.73. The molecule has 0 heterocycles. The number of carbonyl (C=O) groups excluding carboxylic acids is 2. The van der Waals surface area contributed by atoms with Gasteiger partial charge in [-0.25, -0.2) is 0 Å². The summed E-state index contributed by atoms with van der Waals surface area (Å²) in [6.07, 6.45) is 0. The molecule has 0 bridgehead atoms. The van der Waals surface area contributed by atoms with Crippen LogP contribution in [0.15, 0.2) is 202 Å². The van der Waals surface area contributed by atoms with Gasteiger partial charge in [0.15, 0.2) is 17.3 Å². The lowest BCUT2D eigenvalue weighted by molar-refractivity contribution is 0.0989. The summed E-state index contributed by atoms with van der Waals surface area (Å²) in [5.74, 6) is 0.407. The van der Waals surface area contributed by atoms with Gasteiger partial charge >= 0.3 is 0 Å². The summed E-state index contributed by atoms with van der Waals surface area (Å²) < 4.78 is 12.0. The predicted octanol–water partition coefficient (Wildman–Crippen LogP) is 15.2. The summed E-state index contributed by atoms with van der Waals surface area (Å²) in [5.41, 5.74) is 7.32. The molecule has 0 atom stereocenters. The normalized spacial score (nSPS) is 12.1. The van der Waals surface area contributed by atoms with Crippen LogP contribution in [-0.4, -0.2) is 40.0 Å². The van der Waals surface area contributed by atoms with E-state index in [2.05, 4.69) is 28.4 Å². The highest BCUT2D eigenvalue weighted by Crippen LogP contribution is 2.45. The van der Waals surface area contributed by atoms with Gasteiger partial charge in [-0.05, 0) is 81.2 Å². The van der Waals surface area contributed by atoms with Crippen molar-refractivity contribution < 1.29 is 23.9 Å². The van der Waals surface area contributed by atoms with Crippen molar-refractivity contribution in [3.05, 3.63) is 204 Å². The summed E-state index contributed by atoms with van der Waals surface area (Å²) >= 11 is 0. The number of ether oxygens (including phenoxy) is 2. The minimum absolute atomic E-state index is 0.163. The number of nitrogens with zero attached hydrogens (tertiary/aromatic N) is 6. The summed E-state index contributed by atoms with van der Waals surface area (Å²) in [7, 11) is 6.79. The van der Waals surface area contributed by atoms with Crippen LogP contribution in [0.25, 0.3) is 54.2 Å². The fourth-order valence-electron chi connectivity index (χ4n) is 9.48. The van der Waals surface area contributed by atoms with Crippen molar-refractivity contribution in [3.63, 3.8) is 0 Å². The zero-order valence-corrected chi connectivity index (χ0v) is 38.8. The van der Waals surface area contributed by atoms with Crippen molar-refractivity contribution in [2.75, 3.05) is 38.3 Å². The van der Waals surface area contributed by atoms with Crippen molar-refractivity contribution in [1.82, 2.24) is 0 Å². The molecule has 0 unspecified atom stereocenters.